The van der Waals surface area contributed by atoms with E-state index in [-0.39, 0.29) is 53.4 Å². The molecule has 320 valence electrons. The SMILES string of the molecule is CC1(C)O[C@@H]2C[C@H]3[C@@H]4C[C@H](F)C5=CC(=O)C=C[C@]5(C)[C@@]4(Cl)[C@@H](Cl)C[C@]3(C)[C@]2(C(=O)CCl)O1.CCOC(=O)N(c1cccc(C(=O)c2ccccc2)c1)S(=O)(=O)C(F)(F)F. The van der Waals surface area contributed by atoms with Crippen molar-refractivity contribution in [3.63, 3.8) is 0 Å². The van der Waals surface area contributed by atoms with Gasteiger partial charge in [-0.2, -0.15) is 25.9 Å². The van der Waals surface area contributed by atoms with Crippen LogP contribution in [0.5, 0.6) is 0 Å². The lowest BCUT2D eigenvalue weighted by Crippen LogP contribution is -2.69. The molecule has 1 heterocycles. The highest BCUT2D eigenvalue weighted by atomic mass is 35.5. The second kappa shape index (κ2) is 15.5. The molecule has 0 bridgehead atoms. The molecule has 5 aliphatic rings. The Labute approximate surface area is 354 Å². The number of fused-ring (bicyclic) bond motifs is 7. The van der Waals surface area contributed by atoms with Crippen LogP contribution in [0.2, 0.25) is 0 Å². The molecule has 1 aliphatic heterocycles. The van der Waals surface area contributed by atoms with Crippen LogP contribution in [0.25, 0.3) is 0 Å². The van der Waals surface area contributed by atoms with Gasteiger partial charge in [-0.25, -0.2) is 9.18 Å². The summed E-state index contributed by atoms with van der Waals surface area (Å²) < 4.78 is 94.8. The summed E-state index contributed by atoms with van der Waals surface area (Å²) in [6.07, 6.45) is 2.03. The van der Waals surface area contributed by atoms with E-state index in [9.17, 15) is 40.8 Å². The Balaban J connectivity index is 0.000000202. The van der Waals surface area contributed by atoms with Crippen molar-refractivity contribution in [2.45, 2.75) is 93.3 Å². The molecule has 0 unspecified atom stereocenters. The molecule has 10 nitrogen and oxygen atoms in total. The summed E-state index contributed by atoms with van der Waals surface area (Å²) in [4.78, 5) is 48.8. The Kier molecular flexibility index (Phi) is 11.9. The number of benzene rings is 2. The number of ketones is 3. The minimum atomic E-state index is -6.07. The molecule has 0 spiro atoms. The van der Waals surface area contributed by atoms with Crippen LogP contribution in [0.3, 0.4) is 0 Å². The number of ether oxygens (including phenoxy) is 3. The average Bonchev–Trinajstić information content (AvgIpc) is 3.58. The Hall–Kier alpha value is -3.34. The number of anilines is 1. The zero-order valence-corrected chi connectivity index (χ0v) is 35.6. The van der Waals surface area contributed by atoms with E-state index in [0.29, 0.717) is 18.4 Å². The predicted octanol–water partition coefficient (Wildman–Crippen LogP) is 8.86. The molecule has 0 radical (unpaired) electrons. The molecule has 18 heteroatoms. The fourth-order valence-electron chi connectivity index (χ4n) is 9.99. The van der Waals surface area contributed by atoms with Gasteiger partial charge in [0.1, 0.15) is 6.17 Å². The highest BCUT2D eigenvalue weighted by Crippen LogP contribution is 2.74. The summed E-state index contributed by atoms with van der Waals surface area (Å²) >= 11 is 20.7. The number of amides is 1. The third-order valence-corrected chi connectivity index (χ3v) is 15.7. The van der Waals surface area contributed by atoms with Gasteiger partial charge in [-0.05, 0) is 81.7 Å². The fraction of sp³-hybridized carbons (Fsp3) is 0.512. The molecule has 1 amide bonds. The highest BCUT2D eigenvalue weighted by molar-refractivity contribution is 7.94. The number of carbonyl (C=O) groups is 4. The van der Waals surface area contributed by atoms with Gasteiger partial charge in [-0.15, -0.1) is 34.8 Å². The molecule has 0 aromatic heterocycles. The molecule has 2 aromatic rings. The van der Waals surface area contributed by atoms with Gasteiger partial charge in [-0.3, -0.25) is 14.4 Å². The summed E-state index contributed by atoms with van der Waals surface area (Å²) in [5.41, 5.74) is -8.74. The first-order valence-electron chi connectivity index (χ1n) is 18.7. The van der Waals surface area contributed by atoms with Gasteiger partial charge in [0.05, 0.1) is 34.5 Å². The van der Waals surface area contributed by atoms with Crippen LogP contribution in [0.1, 0.15) is 69.8 Å². The van der Waals surface area contributed by atoms with Gasteiger partial charge in [0.25, 0.3) is 0 Å². The number of hydrogen-bond acceptors (Lipinski definition) is 9. The van der Waals surface area contributed by atoms with Crippen molar-refractivity contribution in [2.75, 3.05) is 16.8 Å². The molecule has 4 aliphatic carbocycles. The lowest BCUT2D eigenvalue weighted by molar-refractivity contribution is -0.211. The Morgan fingerprint density at radius 2 is 1.63 bits per heavy atom. The van der Waals surface area contributed by atoms with E-state index in [1.165, 1.54) is 43.3 Å². The van der Waals surface area contributed by atoms with Crippen LogP contribution in [0.4, 0.5) is 28.0 Å². The molecule has 7 rings (SSSR count). The number of alkyl halides is 7. The van der Waals surface area contributed by atoms with Crippen LogP contribution < -0.4 is 4.31 Å². The van der Waals surface area contributed by atoms with E-state index in [1.807, 2.05) is 13.8 Å². The standard InChI is InChI=1S/C24H28Cl3FO4.C17H14F3NO5S/c1-20(2)31-19-9-13-14-8-16(28)15-7-12(29)5-6-21(15,3)23(14,27)17(26)10-22(13,4)24(19,32-20)18(30)11-25;1-2-26-16(23)21(27(24,25)17(18,19)20)14-10-6-9-13(11-14)15(22)12-7-4-3-5-8-12/h5-7,13-14,16-17,19H,8-11H2,1-4H3;3-11H,2H2,1H3/t13-,14-,16-,17-,19+,21-,22-,23-,24+;/m0./s1. The number of nitrogens with zero attached hydrogens (tertiary/aromatic N) is 1. The second-order valence-electron chi connectivity index (χ2n) is 16.1. The number of hydrogen-bond donors (Lipinski definition) is 0. The summed E-state index contributed by atoms with van der Waals surface area (Å²) in [6, 6.07) is 12.1. The number of allylic oxidation sites excluding steroid dienone is 4. The lowest BCUT2D eigenvalue weighted by Gasteiger charge is -2.64. The van der Waals surface area contributed by atoms with Crippen molar-refractivity contribution in [1.82, 2.24) is 0 Å². The Morgan fingerprint density at radius 1 is 0.983 bits per heavy atom. The summed E-state index contributed by atoms with van der Waals surface area (Å²) in [7, 11) is -6.07. The van der Waals surface area contributed by atoms with Gasteiger partial charge >= 0.3 is 21.6 Å². The third-order valence-electron chi connectivity index (χ3n) is 12.5. The van der Waals surface area contributed by atoms with Crippen molar-refractivity contribution in [1.29, 1.82) is 0 Å². The Bertz CT molecular complexity index is 2220. The summed E-state index contributed by atoms with van der Waals surface area (Å²) in [5.74, 6) is -2.67. The van der Waals surface area contributed by atoms with E-state index in [1.54, 1.807) is 38.1 Å². The minimum Gasteiger partial charge on any atom is -0.449 e. The monoisotopic (exact) mass is 905 g/mol. The maximum atomic E-state index is 15.6. The van der Waals surface area contributed by atoms with Crippen LogP contribution in [-0.4, -0.2) is 83.8 Å². The molecule has 3 saturated carbocycles. The molecule has 1 saturated heterocycles. The van der Waals surface area contributed by atoms with E-state index in [0.717, 1.165) is 12.1 Å². The minimum absolute atomic E-state index is 0.0922. The van der Waals surface area contributed by atoms with Crippen LogP contribution in [0, 0.1) is 22.7 Å². The van der Waals surface area contributed by atoms with Gasteiger partial charge in [0, 0.05) is 22.0 Å². The number of Topliss-reactive ketones (excluding diaryl/α,β-unsaturated/α-hetero) is 1. The third kappa shape index (κ3) is 7.05. The van der Waals surface area contributed by atoms with Crippen LogP contribution >= 0.6 is 34.8 Å². The van der Waals surface area contributed by atoms with E-state index < -0.39 is 82.1 Å². The first-order valence-corrected chi connectivity index (χ1v) is 21.5. The van der Waals surface area contributed by atoms with Gasteiger partial charge in [-0.1, -0.05) is 62.4 Å². The molecular formula is C41H42Cl3F4NO9S. The molecule has 0 N–H and O–H groups in total. The zero-order chi connectivity index (χ0) is 43.7. The molecular weight excluding hydrogens is 865 g/mol. The molecule has 59 heavy (non-hydrogen) atoms. The van der Waals surface area contributed by atoms with Gasteiger partial charge in [0.15, 0.2) is 28.7 Å². The maximum absolute atomic E-state index is 15.6. The highest BCUT2D eigenvalue weighted by Gasteiger charge is 2.79. The number of carbonyl (C=O) groups excluding carboxylic acids is 4. The van der Waals surface area contributed by atoms with Crippen LogP contribution in [-0.2, 0) is 33.8 Å². The fourth-order valence-corrected chi connectivity index (χ4v) is 12.2. The predicted molar refractivity (Wildman–Crippen MR) is 212 cm³/mol. The molecule has 4 fully saturated rings. The number of rotatable bonds is 7. The topological polar surface area (TPSA) is 133 Å². The molecule has 9 atom stereocenters. The smallest absolute Gasteiger partial charge is 0.449 e. The van der Waals surface area contributed by atoms with Crippen molar-refractivity contribution in [3.05, 3.63) is 89.5 Å². The lowest BCUT2D eigenvalue weighted by atomic mass is 9.46. The normalized spacial score (nSPS) is 34.2. The second-order valence-corrected chi connectivity index (χ2v) is 19.3. The van der Waals surface area contributed by atoms with E-state index in [4.69, 9.17) is 44.3 Å². The van der Waals surface area contributed by atoms with Crippen LogP contribution in [0.15, 0.2) is 78.4 Å². The summed E-state index contributed by atoms with van der Waals surface area (Å²) in [6.45, 7) is 8.42. The first-order chi connectivity index (χ1) is 27.4. The van der Waals surface area contributed by atoms with Crippen molar-refractivity contribution >= 4 is 74.0 Å². The average molecular weight is 907 g/mol. The number of halogens is 7. The van der Waals surface area contributed by atoms with E-state index in [2.05, 4.69) is 4.74 Å². The van der Waals surface area contributed by atoms with E-state index >= 15 is 4.39 Å². The zero-order valence-electron chi connectivity index (χ0n) is 32.5. The maximum Gasteiger partial charge on any atom is 0.517 e. The largest absolute Gasteiger partial charge is 0.517 e. The summed E-state index contributed by atoms with van der Waals surface area (Å²) in [5, 5.41) is -0.597. The number of sulfonamides is 1. The molecule has 2 aromatic carbocycles. The Morgan fingerprint density at radius 3 is 2.24 bits per heavy atom. The van der Waals surface area contributed by atoms with Crippen molar-refractivity contribution in [2.24, 2.45) is 22.7 Å². The van der Waals surface area contributed by atoms with Gasteiger partial charge < -0.3 is 14.2 Å². The van der Waals surface area contributed by atoms with Gasteiger partial charge in [0.2, 0.25) is 0 Å². The quantitative estimate of drug-likeness (QED) is 0.152. The van der Waals surface area contributed by atoms with Crippen molar-refractivity contribution < 1.29 is 59.4 Å². The first kappa shape index (κ1) is 45.2. The van der Waals surface area contributed by atoms with Crippen molar-refractivity contribution in [3.8, 4) is 0 Å².